The summed E-state index contributed by atoms with van der Waals surface area (Å²) in [6.45, 7) is 3.65. The molecule has 0 aliphatic heterocycles. The van der Waals surface area contributed by atoms with Crippen molar-refractivity contribution in [3.05, 3.63) is 0 Å². The summed E-state index contributed by atoms with van der Waals surface area (Å²) in [7, 11) is 0. The summed E-state index contributed by atoms with van der Waals surface area (Å²) in [6, 6.07) is 1.88. The zero-order valence-corrected chi connectivity index (χ0v) is 9.96. The highest BCUT2D eigenvalue weighted by molar-refractivity contribution is 5.78. The molecule has 1 aliphatic rings. The maximum absolute atomic E-state index is 11.2. The van der Waals surface area contributed by atoms with Crippen molar-refractivity contribution < 1.29 is 4.79 Å². The van der Waals surface area contributed by atoms with Crippen molar-refractivity contribution in [2.75, 3.05) is 19.6 Å². The SMILES string of the molecule is CC1CCC(CNCC(=O)NCC#N)CC1. The molecule has 0 spiro atoms. The Labute approximate surface area is 97.4 Å². The van der Waals surface area contributed by atoms with Crippen molar-refractivity contribution in [1.82, 2.24) is 10.6 Å². The highest BCUT2D eigenvalue weighted by atomic mass is 16.1. The van der Waals surface area contributed by atoms with Crippen LogP contribution < -0.4 is 10.6 Å². The third-order valence-corrected chi connectivity index (χ3v) is 3.22. The first-order valence-corrected chi connectivity index (χ1v) is 6.06. The second-order valence-electron chi connectivity index (χ2n) is 4.69. The van der Waals surface area contributed by atoms with Gasteiger partial charge in [-0.05, 0) is 31.2 Å². The van der Waals surface area contributed by atoms with Gasteiger partial charge in [0, 0.05) is 0 Å². The molecule has 0 aromatic rings. The second kappa shape index (κ2) is 7.24. The molecule has 4 nitrogen and oxygen atoms in total. The second-order valence-corrected chi connectivity index (χ2v) is 4.69. The average Bonchev–Trinajstić information content (AvgIpc) is 2.29. The average molecular weight is 223 g/mol. The maximum Gasteiger partial charge on any atom is 0.234 e. The Kier molecular flexibility index (Phi) is 5.87. The van der Waals surface area contributed by atoms with Gasteiger partial charge in [-0.25, -0.2) is 0 Å². The number of hydrogen-bond acceptors (Lipinski definition) is 3. The number of nitrogens with one attached hydrogen (secondary N) is 2. The minimum absolute atomic E-state index is 0.0919. The third kappa shape index (κ3) is 5.13. The first kappa shape index (κ1) is 13.0. The molecule has 1 rings (SSSR count). The van der Waals surface area contributed by atoms with E-state index in [1.807, 2.05) is 6.07 Å². The van der Waals surface area contributed by atoms with Gasteiger partial charge in [0.05, 0.1) is 12.6 Å². The van der Waals surface area contributed by atoms with Gasteiger partial charge < -0.3 is 10.6 Å². The number of amides is 1. The maximum atomic E-state index is 11.2. The summed E-state index contributed by atoms with van der Waals surface area (Å²) in [4.78, 5) is 11.2. The summed E-state index contributed by atoms with van der Waals surface area (Å²) in [6.07, 6.45) is 5.17. The van der Waals surface area contributed by atoms with Crippen LogP contribution in [0.5, 0.6) is 0 Å². The topological polar surface area (TPSA) is 64.9 Å². The summed E-state index contributed by atoms with van der Waals surface area (Å²) < 4.78 is 0. The highest BCUT2D eigenvalue weighted by Gasteiger charge is 2.17. The zero-order valence-electron chi connectivity index (χ0n) is 9.96. The Morgan fingerprint density at radius 1 is 1.38 bits per heavy atom. The first-order chi connectivity index (χ1) is 7.72. The van der Waals surface area contributed by atoms with Crippen molar-refractivity contribution in [3.63, 3.8) is 0 Å². The van der Waals surface area contributed by atoms with E-state index in [1.54, 1.807) is 0 Å². The molecule has 0 aromatic carbocycles. The summed E-state index contributed by atoms with van der Waals surface area (Å²) in [5, 5.41) is 14.0. The molecule has 16 heavy (non-hydrogen) atoms. The van der Waals surface area contributed by atoms with Crippen LogP contribution in [-0.4, -0.2) is 25.5 Å². The van der Waals surface area contributed by atoms with Gasteiger partial charge in [-0.1, -0.05) is 19.8 Å². The van der Waals surface area contributed by atoms with Gasteiger partial charge in [0.1, 0.15) is 6.54 Å². The van der Waals surface area contributed by atoms with Gasteiger partial charge >= 0.3 is 0 Å². The Balaban J connectivity index is 2.03. The molecule has 0 heterocycles. The summed E-state index contributed by atoms with van der Waals surface area (Å²) in [5.41, 5.74) is 0. The van der Waals surface area contributed by atoms with Crippen LogP contribution in [0, 0.1) is 23.2 Å². The molecule has 1 saturated carbocycles. The predicted molar refractivity (Wildman–Crippen MR) is 62.6 cm³/mol. The lowest BCUT2D eigenvalue weighted by atomic mass is 9.83. The van der Waals surface area contributed by atoms with E-state index in [9.17, 15) is 4.79 Å². The largest absolute Gasteiger partial charge is 0.342 e. The summed E-state index contributed by atoms with van der Waals surface area (Å²) in [5.74, 6) is 1.50. The van der Waals surface area contributed by atoms with Crippen LogP contribution in [0.15, 0.2) is 0 Å². The van der Waals surface area contributed by atoms with Gasteiger partial charge in [0.25, 0.3) is 0 Å². The third-order valence-electron chi connectivity index (χ3n) is 3.22. The van der Waals surface area contributed by atoms with E-state index >= 15 is 0 Å². The van der Waals surface area contributed by atoms with E-state index in [1.165, 1.54) is 25.7 Å². The van der Waals surface area contributed by atoms with Crippen molar-refractivity contribution >= 4 is 5.91 Å². The van der Waals surface area contributed by atoms with Crippen LogP contribution in [0.2, 0.25) is 0 Å². The van der Waals surface area contributed by atoms with E-state index < -0.39 is 0 Å². The molecular formula is C12H21N3O. The van der Waals surface area contributed by atoms with Gasteiger partial charge in [-0.15, -0.1) is 0 Å². The number of rotatable bonds is 5. The molecule has 0 saturated heterocycles. The highest BCUT2D eigenvalue weighted by Crippen LogP contribution is 2.27. The Morgan fingerprint density at radius 3 is 2.69 bits per heavy atom. The minimum atomic E-state index is -0.0919. The Morgan fingerprint density at radius 2 is 2.06 bits per heavy atom. The van der Waals surface area contributed by atoms with Crippen LogP contribution >= 0.6 is 0 Å². The zero-order chi connectivity index (χ0) is 11.8. The van der Waals surface area contributed by atoms with Gasteiger partial charge in [-0.3, -0.25) is 4.79 Å². The molecule has 1 aliphatic carbocycles. The lowest BCUT2D eigenvalue weighted by Gasteiger charge is -2.26. The first-order valence-electron chi connectivity index (χ1n) is 6.06. The van der Waals surface area contributed by atoms with E-state index in [0.29, 0.717) is 6.54 Å². The number of nitrogens with zero attached hydrogens (tertiary/aromatic N) is 1. The molecule has 1 fully saturated rings. The molecule has 2 N–H and O–H groups in total. The molecule has 0 bridgehead atoms. The fourth-order valence-corrected chi connectivity index (χ4v) is 2.12. The van der Waals surface area contributed by atoms with E-state index in [4.69, 9.17) is 5.26 Å². The van der Waals surface area contributed by atoms with Crippen molar-refractivity contribution in [2.45, 2.75) is 32.6 Å². The van der Waals surface area contributed by atoms with Gasteiger partial charge in [0.15, 0.2) is 0 Å². The number of carbonyl (C=O) groups is 1. The molecule has 90 valence electrons. The normalized spacial score (nSPS) is 24.8. The lowest BCUT2D eigenvalue weighted by molar-refractivity contribution is -0.120. The fourth-order valence-electron chi connectivity index (χ4n) is 2.12. The molecule has 4 heteroatoms. The number of nitriles is 1. The Hall–Kier alpha value is -1.08. The number of carbonyl (C=O) groups excluding carboxylic acids is 1. The van der Waals surface area contributed by atoms with E-state index in [2.05, 4.69) is 17.6 Å². The van der Waals surface area contributed by atoms with Crippen molar-refractivity contribution in [3.8, 4) is 6.07 Å². The monoisotopic (exact) mass is 223 g/mol. The lowest BCUT2D eigenvalue weighted by Crippen LogP contribution is -2.36. The van der Waals surface area contributed by atoms with Crippen LogP contribution in [0.4, 0.5) is 0 Å². The minimum Gasteiger partial charge on any atom is -0.342 e. The molecule has 0 atom stereocenters. The molecule has 0 unspecified atom stereocenters. The van der Waals surface area contributed by atoms with Crippen LogP contribution in [-0.2, 0) is 4.79 Å². The Bertz CT molecular complexity index is 251. The van der Waals surface area contributed by atoms with Crippen molar-refractivity contribution in [1.29, 1.82) is 5.26 Å². The predicted octanol–water partition coefficient (Wildman–Crippen LogP) is 1.04. The van der Waals surface area contributed by atoms with E-state index in [-0.39, 0.29) is 12.5 Å². The van der Waals surface area contributed by atoms with Crippen LogP contribution in [0.1, 0.15) is 32.6 Å². The fraction of sp³-hybridized carbons (Fsp3) is 0.833. The number of hydrogen-bond donors (Lipinski definition) is 2. The quantitative estimate of drug-likeness (QED) is 0.684. The van der Waals surface area contributed by atoms with Gasteiger partial charge in [-0.2, -0.15) is 5.26 Å². The molecular weight excluding hydrogens is 202 g/mol. The smallest absolute Gasteiger partial charge is 0.234 e. The van der Waals surface area contributed by atoms with Gasteiger partial charge in [0.2, 0.25) is 5.91 Å². The standard InChI is InChI=1S/C12H21N3O/c1-10-2-4-11(5-3-10)8-14-9-12(16)15-7-6-13/h10-11,14H,2-5,7-9H2,1H3,(H,15,16). The van der Waals surface area contributed by atoms with Crippen LogP contribution in [0.3, 0.4) is 0 Å². The molecule has 0 radical (unpaired) electrons. The summed E-state index contributed by atoms with van der Waals surface area (Å²) >= 11 is 0. The van der Waals surface area contributed by atoms with Crippen LogP contribution in [0.25, 0.3) is 0 Å². The van der Waals surface area contributed by atoms with E-state index in [0.717, 1.165) is 18.4 Å². The molecule has 0 aromatic heterocycles. The molecule has 1 amide bonds. The van der Waals surface area contributed by atoms with Crippen molar-refractivity contribution in [2.24, 2.45) is 11.8 Å².